The van der Waals surface area contributed by atoms with E-state index in [1.807, 2.05) is 49.1 Å². The zero-order valence-corrected chi connectivity index (χ0v) is 16.4. The fourth-order valence-corrected chi connectivity index (χ4v) is 4.78. The van der Waals surface area contributed by atoms with Gasteiger partial charge in [0.25, 0.3) is 5.91 Å². The summed E-state index contributed by atoms with van der Waals surface area (Å²) in [5, 5.41) is 2.78. The number of anilines is 1. The second kappa shape index (κ2) is 8.04. The highest BCUT2D eigenvalue weighted by Gasteiger charge is 2.29. The van der Waals surface area contributed by atoms with E-state index in [4.69, 9.17) is 0 Å². The predicted molar refractivity (Wildman–Crippen MR) is 104 cm³/mol. The molecule has 0 radical (unpaired) electrons. The van der Waals surface area contributed by atoms with Crippen molar-refractivity contribution < 1.29 is 13.2 Å². The Morgan fingerprint density at radius 2 is 2.00 bits per heavy atom. The summed E-state index contributed by atoms with van der Waals surface area (Å²) in [5.41, 5.74) is 2.08. The Bertz CT molecular complexity index is 916. The van der Waals surface area contributed by atoms with Gasteiger partial charge in [0.05, 0.1) is 11.5 Å². The Morgan fingerprint density at radius 1 is 1.26 bits per heavy atom. The third-order valence-electron chi connectivity index (χ3n) is 4.52. The van der Waals surface area contributed by atoms with Crippen LogP contribution in [-0.2, 0) is 16.4 Å². The highest BCUT2D eigenvalue weighted by molar-refractivity contribution is 7.91. The van der Waals surface area contributed by atoms with Crippen molar-refractivity contribution in [2.75, 3.05) is 23.0 Å². The molecule has 27 heavy (non-hydrogen) atoms. The Balaban J connectivity index is 1.77. The van der Waals surface area contributed by atoms with Crippen molar-refractivity contribution in [3.8, 4) is 0 Å². The molecule has 2 heterocycles. The van der Waals surface area contributed by atoms with Crippen LogP contribution in [0.1, 0.15) is 35.1 Å². The van der Waals surface area contributed by atoms with Gasteiger partial charge in [0.2, 0.25) is 5.95 Å². The maximum atomic E-state index is 12.6. The molecule has 2 aromatic rings. The molecule has 1 aromatic heterocycles. The minimum atomic E-state index is -3.05. The third-order valence-corrected chi connectivity index (χ3v) is 6.29. The first kappa shape index (κ1) is 19.3. The van der Waals surface area contributed by atoms with Crippen LogP contribution in [-0.4, -0.2) is 48.4 Å². The van der Waals surface area contributed by atoms with Gasteiger partial charge < -0.3 is 10.2 Å². The zero-order chi connectivity index (χ0) is 19.4. The summed E-state index contributed by atoms with van der Waals surface area (Å²) in [7, 11) is -3.05. The lowest BCUT2D eigenvalue weighted by molar-refractivity contribution is 0.0936. The number of aromatic nitrogens is 2. The number of hydrogen-bond acceptors (Lipinski definition) is 6. The fourth-order valence-electron chi connectivity index (χ4n) is 3.11. The number of benzene rings is 1. The number of nitrogens with zero attached hydrogens (tertiary/aromatic N) is 3. The number of aryl methyl sites for hydroxylation is 1. The molecular formula is C19H24N4O3S. The van der Waals surface area contributed by atoms with E-state index in [9.17, 15) is 13.2 Å². The standard InChI is InChI=1S/C19H24N4O3S/c1-3-23(12-15-7-5-4-6-8-15)19-20-14(2)11-17(22-19)18(24)21-16-9-10-27(25,26)13-16/h4-8,11,16H,3,9-10,12-13H2,1-2H3,(H,21,24). The van der Waals surface area contributed by atoms with Crippen LogP contribution >= 0.6 is 0 Å². The molecule has 1 N–H and O–H groups in total. The lowest BCUT2D eigenvalue weighted by atomic mass is 10.2. The molecule has 8 heteroatoms. The van der Waals surface area contributed by atoms with Crippen LogP contribution in [0, 0.1) is 6.92 Å². The first-order valence-corrected chi connectivity index (χ1v) is 10.8. The molecule has 1 unspecified atom stereocenters. The zero-order valence-electron chi connectivity index (χ0n) is 15.6. The number of carbonyl (C=O) groups excluding carboxylic acids is 1. The van der Waals surface area contributed by atoms with Crippen LogP contribution in [0.4, 0.5) is 5.95 Å². The Labute approximate surface area is 159 Å². The van der Waals surface area contributed by atoms with Crippen LogP contribution in [0.15, 0.2) is 36.4 Å². The van der Waals surface area contributed by atoms with Crippen LogP contribution < -0.4 is 10.2 Å². The molecule has 0 aliphatic carbocycles. The monoisotopic (exact) mass is 388 g/mol. The van der Waals surface area contributed by atoms with Gasteiger partial charge in [-0.1, -0.05) is 30.3 Å². The van der Waals surface area contributed by atoms with Gasteiger partial charge in [0.1, 0.15) is 5.69 Å². The molecule has 0 saturated carbocycles. The van der Waals surface area contributed by atoms with E-state index in [1.165, 1.54) is 0 Å². The predicted octanol–water partition coefficient (Wildman–Crippen LogP) is 1.73. The summed E-state index contributed by atoms with van der Waals surface area (Å²) < 4.78 is 23.2. The first-order valence-electron chi connectivity index (χ1n) is 9.02. The minimum absolute atomic E-state index is 0.00917. The number of nitrogens with one attached hydrogen (secondary N) is 1. The lowest BCUT2D eigenvalue weighted by Gasteiger charge is -2.22. The van der Waals surface area contributed by atoms with E-state index in [0.717, 1.165) is 5.56 Å². The molecular weight excluding hydrogens is 364 g/mol. The molecule has 144 valence electrons. The summed E-state index contributed by atoms with van der Waals surface area (Å²) in [6.07, 6.45) is 0.445. The van der Waals surface area contributed by atoms with Gasteiger partial charge in [-0.25, -0.2) is 18.4 Å². The number of rotatable bonds is 6. The molecule has 1 atom stereocenters. The number of sulfone groups is 1. The molecule has 0 spiro atoms. The van der Waals surface area contributed by atoms with Crippen molar-refractivity contribution >= 4 is 21.7 Å². The highest BCUT2D eigenvalue weighted by Crippen LogP contribution is 2.16. The van der Waals surface area contributed by atoms with Gasteiger partial charge in [-0.05, 0) is 31.9 Å². The number of hydrogen-bond donors (Lipinski definition) is 1. The quantitative estimate of drug-likeness (QED) is 0.810. The lowest BCUT2D eigenvalue weighted by Crippen LogP contribution is -2.36. The number of carbonyl (C=O) groups is 1. The van der Waals surface area contributed by atoms with Crippen molar-refractivity contribution in [2.45, 2.75) is 32.9 Å². The van der Waals surface area contributed by atoms with Crippen molar-refractivity contribution in [1.29, 1.82) is 0 Å². The summed E-state index contributed by atoms with van der Waals surface area (Å²) in [6, 6.07) is 11.3. The summed E-state index contributed by atoms with van der Waals surface area (Å²) in [4.78, 5) is 23.5. The van der Waals surface area contributed by atoms with Crippen molar-refractivity contribution in [2.24, 2.45) is 0 Å². The molecule has 3 rings (SSSR count). The van der Waals surface area contributed by atoms with Crippen LogP contribution in [0.25, 0.3) is 0 Å². The van der Waals surface area contributed by atoms with Gasteiger partial charge in [-0.2, -0.15) is 0 Å². The Hall–Kier alpha value is -2.48. The molecule has 1 amide bonds. The van der Waals surface area contributed by atoms with E-state index in [1.54, 1.807) is 6.07 Å². The van der Waals surface area contributed by atoms with Gasteiger partial charge in [0.15, 0.2) is 9.84 Å². The van der Waals surface area contributed by atoms with Gasteiger partial charge in [0, 0.05) is 24.8 Å². The van der Waals surface area contributed by atoms with Gasteiger partial charge in [-0.3, -0.25) is 4.79 Å². The van der Waals surface area contributed by atoms with Crippen molar-refractivity contribution in [3.63, 3.8) is 0 Å². The molecule has 7 nitrogen and oxygen atoms in total. The third kappa shape index (κ3) is 5.03. The molecule has 1 saturated heterocycles. The maximum absolute atomic E-state index is 12.6. The van der Waals surface area contributed by atoms with E-state index >= 15 is 0 Å². The highest BCUT2D eigenvalue weighted by atomic mass is 32.2. The fraction of sp³-hybridized carbons (Fsp3) is 0.421. The van der Waals surface area contributed by atoms with Gasteiger partial charge in [-0.15, -0.1) is 0 Å². The minimum Gasteiger partial charge on any atom is -0.347 e. The van der Waals surface area contributed by atoms with Crippen LogP contribution in [0.3, 0.4) is 0 Å². The van der Waals surface area contributed by atoms with Crippen LogP contribution in [0.2, 0.25) is 0 Å². The molecule has 1 fully saturated rings. The van der Waals surface area contributed by atoms with Crippen LogP contribution in [0.5, 0.6) is 0 Å². The van der Waals surface area contributed by atoms with Gasteiger partial charge >= 0.3 is 0 Å². The van der Waals surface area contributed by atoms with E-state index in [-0.39, 0.29) is 29.1 Å². The normalized spacial score (nSPS) is 18.2. The summed E-state index contributed by atoms with van der Waals surface area (Å²) in [5.74, 6) is 0.238. The summed E-state index contributed by atoms with van der Waals surface area (Å²) in [6.45, 7) is 5.17. The maximum Gasteiger partial charge on any atom is 0.270 e. The molecule has 1 aromatic carbocycles. The molecule has 1 aliphatic rings. The smallest absolute Gasteiger partial charge is 0.270 e. The largest absolute Gasteiger partial charge is 0.347 e. The van der Waals surface area contributed by atoms with E-state index in [0.29, 0.717) is 31.2 Å². The molecule has 0 bridgehead atoms. The second-order valence-electron chi connectivity index (χ2n) is 6.77. The van der Waals surface area contributed by atoms with E-state index < -0.39 is 9.84 Å². The average Bonchev–Trinajstić information content (AvgIpc) is 2.98. The van der Waals surface area contributed by atoms with Crippen molar-refractivity contribution in [3.05, 3.63) is 53.3 Å². The SMILES string of the molecule is CCN(Cc1ccccc1)c1nc(C)cc(C(=O)NC2CCS(=O)(=O)C2)n1. The van der Waals surface area contributed by atoms with E-state index in [2.05, 4.69) is 15.3 Å². The second-order valence-corrected chi connectivity index (χ2v) is 9.00. The first-order chi connectivity index (χ1) is 12.9. The van der Waals surface area contributed by atoms with Crippen molar-refractivity contribution in [1.82, 2.24) is 15.3 Å². The number of amides is 1. The molecule has 1 aliphatic heterocycles. The summed E-state index contributed by atoms with van der Waals surface area (Å²) >= 11 is 0. The average molecular weight is 388 g/mol. The Morgan fingerprint density at radius 3 is 2.63 bits per heavy atom. The topological polar surface area (TPSA) is 92.3 Å². The Kier molecular flexibility index (Phi) is 5.74.